The summed E-state index contributed by atoms with van der Waals surface area (Å²) in [6.45, 7) is 1.27. The third-order valence-corrected chi connectivity index (χ3v) is 3.47. The fraction of sp³-hybridized carbons (Fsp3) is 1.00. The number of piperidine rings is 1. The van der Waals surface area contributed by atoms with Crippen molar-refractivity contribution in [3.05, 3.63) is 0 Å². The minimum atomic E-state index is 0.874. The van der Waals surface area contributed by atoms with Gasteiger partial charge >= 0.3 is 0 Å². The summed E-state index contributed by atoms with van der Waals surface area (Å²) in [6, 6.07) is 0.874. The van der Waals surface area contributed by atoms with Crippen LogP contribution in [-0.2, 0) is 0 Å². The van der Waals surface area contributed by atoms with E-state index in [1.807, 2.05) is 0 Å². The molecule has 1 nitrogen and oxygen atoms in total. The summed E-state index contributed by atoms with van der Waals surface area (Å²) in [6.07, 6.45) is 2.84. The number of nitrogens with one attached hydrogen (secondary N) is 1. The molecule has 2 bridgehead atoms. The van der Waals surface area contributed by atoms with Gasteiger partial charge in [0.2, 0.25) is 0 Å². The molecule has 2 aliphatic rings. The molecule has 0 radical (unpaired) electrons. The molecule has 2 unspecified atom stereocenters. The van der Waals surface area contributed by atoms with Crippen molar-refractivity contribution in [3.8, 4) is 0 Å². The highest BCUT2D eigenvalue weighted by molar-refractivity contribution is 8.00. The summed E-state index contributed by atoms with van der Waals surface area (Å²) in [5, 5.41) is 4.50. The fourth-order valence-electron chi connectivity index (χ4n) is 1.50. The van der Waals surface area contributed by atoms with Crippen molar-refractivity contribution in [1.82, 2.24) is 5.32 Å². The first kappa shape index (κ1) is 5.12. The maximum Gasteiger partial charge on any atom is 0.0168 e. The highest BCUT2D eigenvalue weighted by Gasteiger charge is 2.28. The van der Waals surface area contributed by atoms with Gasteiger partial charge in [-0.15, -0.1) is 0 Å². The Hall–Kier alpha value is 0.310. The van der Waals surface area contributed by atoms with E-state index in [1.54, 1.807) is 0 Å². The minimum Gasteiger partial charge on any atom is -0.313 e. The molecule has 2 heterocycles. The van der Waals surface area contributed by atoms with Crippen LogP contribution in [0.1, 0.15) is 12.8 Å². The number of hydrogen-bond donors (Lipinski definition) is 1. The first-order valence-electron chi connectivity index (χ1n) is 3.30. The van der Waals surface area contributed by atoms with E-state index in [-0.39, 0.29) is 0 Å². The molecule has 2 aliphatic heterocycles. The predicted octanol–water partition coefficient (Wildman–Crippen LogP) is 0.854. The van der Waals surface area contributed by atoms with Crippen LogP contribution >= 0.6 is 11.8 Å². The van der Waals surface area contributed by atoms with Gasteiger partial charge < -0.3 is 5.32 Å². The molecule has 2 atom stereocenters. The Kier molecular flexibility index (Phi) is 1.23. The first-order valence-corrected chi connectivity index (χ1v) is 4.35. The number of rotatable bonds is 0. The van der Waals surface area contributed by atoms with Gasteiger partial charge in [0.15, 0.2) is 0 Å². The molecule has 0 aromatic heterocycles. The topological polar surface area (TPSA) is 12.0 Å². The van der Waals surface area contributed by atoms with E-state index >= 15 is 0 Å². The normalized spacial score (nSPS) is 45.0. The molecule has 0 aromatic rings. The standard InChI is InChI=1S/C6H11NS/c1-2-7-5-3-6(1)8-4-5/h5-7H,1-4H2. The molecule has 2 heteroatoms. The van der Waals surface area contributed by atoms with Gasteiger partial charge in [0.1, 0.15) is 0 Å². The maximum atomic E-state index is 3.49. The first-order chi connectivity index (χ1) is 3.95. The smallest absolute Gasteiger partial charge is 0.0168 e. The molecule has 0 spiro atoms. The zero-order chi connectivity index (χ0) is 5.40. The second-order valence-electron chi connectivity index (χ2n) is 2.63. The van der Waals surface area contributed by atoms with Crippen LogP contribution in [-0.4, -0.2) is 23.6 Å². The minimum absolute atomic E-state index is 0.874. The summed E-state index contributed by atoms with van der Waals surface area (Å²) < 4.78 is 0. The second-order valence-corrected chi connectivity index (χ2v) is 3.96. The molecular weight excluding hydrogens is 118 g/mol. The summed E-state index contributed by atoms with van der Waals surface area (Å²) in [5.74, 6) is 1.37. The van der Waals surface area contributed by atoms with Crippen LogP contribution in [0.25, 0.3) is 0 Å². The van der Waals surface area contributed by atoms with Crippen LogP contribution < -0.4 is 5.32 Å². The lowest BCUT2D eigenvalue weighted by molar-refractivity contribution is 0.460. The number of fused-ring (bicyclic) bond motifs is 2. The van der Waals surface area contributed by atoms with Gasteiger partial charge in [0.25, 0.3) is 0 Å². The largest absolute Gasteiger partial charge is 0.313 e. The van der Waals surface area contributed by atoms with E-state index in [0.29, 0.717) is 0 Å². The SMILES string of the molecule is C1CC2CC(CS2)N1. The van der Waals surface area contributed by atoms with E-state index in [1.165, 1.54) is 25.1 Å². The lowest BCUT2D eigenvalue weighted by Gasteiger charge is -2.17. The van der Waals surface area contributed by atoms with Gasteiger partial charge in [-0.05, 0) is 19.4 Å². The van der Waals surface area contributed by atoms with Gasteiger partial charge in [-0.2, -0.15) is 11.8 Å². The molecule has 0 aliphatic carbocycles. The van der Waals surface area contributed by atoms with Crippen molar-refractivity contribution in [2.45, 2.75) is 24.1 Å². The Labute approximate surface area is 54.2 Å². The molecule has 0 amide bonds. The average molecular weight is 129 g/mol. The van der Waals surface area contributed by atoms with Crippen LogP contribution in [0.5, 0.6) is 0 Å². The molecule has 8 heavy (non-hydrogen) atoms. The Morgan fingerprint density at radius 1 is 1.50 bits per heavy atom. The highest BCUT2D eigenvalue weighted by Crippen LogP contribution is 2.31. The van der Waals surface area contributed by atoms with Crippen molar-refractivity contribution in [1.29, 1.82) is 0 Å². The summed E-state index contributed by atoms with van der Waals surface area (Å²) in [7, 11) is 0. The highest BCUT2D eigenvalue weighted by atomic mass is 32.2. The van der Waals surface area contributed by atoms with E-state index in [9.17, 15) is 0 Å². The molecule has 2 fully saturated rings. The van der Waals surface area contributed by atoms with Crippen LogP contribution in [0.2, 0.25) is 0 Å². The molecule has 0 saturated carbocycles. The summed E-state index contributed by atoms with van der Waals surface area (Å²) in [5.41, 5.74) is 0. The zero-order valence-corrected chi connectivity index (χ0v) is 5.71. The van der Waals surface area contributed by atoms with E-state index in [0.717, 1.165) is 11.3 Å². The van der Waals surface area contributed by atoms with Gasteiger partial charge in [-0.1, -0.05) is 0 Å². The van der Waals surface area contributed by atoms with Crippen molar-refractivity contribution < 1.29 is 0 Å². The summed E-state index contributed by atoms with van der Waals surface area (Å²) in [4.78, 5) is 0. The Bertz CT molecular complexity index is 80.5. The van der Waals surface area contributed by atoms with Crippen molar-refractivity contribution in [2.24, 2.45) is 0 Å². The fourth-order valence-corrected chi connectivity index (χ4v) is 2.91. The quantitative estimate of drug-likeness (QED) is 0.520. The van der Waals surface area contributed by atoms with Crippen molar-refractivity contribution in [2.75, 3.05) is 12.3 Å². The second kappa shape index (κ2) is 1.92. The van der Waals surface area contributed by atoms with Gasteiger partial charge in [0, 0.05) is 17.0 Å². The van der Waals surface area contributed by atoms with Gasteiger partial charge in [-0.25, -0.2) is 0 Å². The van der Waals surface area contributed by atoms with Crippen molar-refractivity contribution in [3.63, 3.8) is 0 Å². The number of hydrogen-bond acceptors (Lipinski definition) is 2. The van der Waals surface area contributed by atoms with Crippen LogP contribution in [0.4, 0.5) is 0 Å². The third-order valence-electron chi connectivity index (χ3n) is 1.98. The Morgan fingerprint density at radius 2 is 2.50 bits per heavy atom. The van der Waals surface area contributed by atoms with Crippen LogP contribution in [0.3, 0.4) is 0 Å². The lowest BCUT2D eigenvalue weighted by Crippen LogP contribution is -2.34. The molecule has 0 aromatic carbocycles. The van der Waals surface area contributed by atoms with Gasteiger partial charge in [-0.3, -0.25) is 0 Å². The maximum absolute atomic E-state index is 3.49. The molecule has 2 saturated heterocycles. The molecular formula is C6H11NS. The molecule has 2 rings (SSSR count). The molecule has 1 N–H and O–H groups in total. The van der Waals surface area contributed by atoms with Crippen molar-refractivity contribution >= 4 is 11.8 Å². The van der Waals surface area contributed by atoms with E-state index < -0.39 is 0 Å². The number of thioether (sulfide) groups is 1. The lowest BCUT2D eigenvalue weighted by atomic mass is 10.1. The molecule has 46 valence electrons. The zero-order valence-electron chi connectivity index (χ0n) is 4.89. The van der Waals surface area contributed by atoms with Crippen LogP contribution in [0, 0.1) is 0 Å². The van der Waals surface area contributed by atoms with Gasteiger partial charge in [0.05, 0.1) is 0 Å². The van der Waals surface area contributed by atoms with E-state index in [4.69, 9.17) is 0 Å². The monoisotopic (exact) mass is 129 g/mol. The Balaban J connectivity index is 2.03. The predicted molar refractivity (Wildman–Crippen MR) is 37.3 cm³/mol. The average Bonchev–Trinajstić information content (AvgIpc) is 2.12. The summed E-state index contributed by atoms with van der Waals surface area (Å²) >= 11 is 2.15. The third kappa shape index (κ3) is 0.759. The van der Waals surface area contributed by atoms with E-state index in [2.05, 4.69) is 17.1 Å². The van der Waals surface area contributed by atoms with Crippen LogP contribution in [0.15, 0.2) is 0 Å². The Morgan fingerprint density at radius 3 is 3.25 bits per heavy atom.